The van der Waals surface area contributed by atoms with E-state index in [4.69, 9.17) is 9.47 Å². The monoisotopic (exact) mass is 402 g/mol. The van der Waals surface area contributed by atoms with Crippen molar-refractivity contribution in [2.45, 2.75) is 13.1 Å². The number of nitrogens with one attached hydrogen (secondary N) is 1. The number of amides is 1. The van der Waals surface area contributed by atoms with E-state index in [1.54, 1.807) is 0 Å². The van der Waals surface area contributed by atoms with E-state index in [2.05, 4.69) is 16.3 Å². The molecule has 0 aromatic heterocycles. The van der Waals surface area contributed by atoms with Crippen molar-refractivity contribution in [3.63, 3.8) is 0 Å². The van der Waals surface area contributed by atoms with Gasteiger partial charge in [-0.25, -0.2) is 0 Å². The molecular formula is C25H26N2O3. The number of nitrogens with zero attached hydrogens (tertiary/aromatic N) is 1. The van der Waals surface area contributed by atoms with Gasteiger partial charge in [-0.1, -0.05) is 42.5 Å². The third-order valence-corrected chi connectivity index (χ3v) is 5.03. The molecule has 0 spiro atoms. The maximum absolute atomic E-state index is 12.7. The van der Waals surface area contributed by atoms with Crippen LogP contribution < -0.4 is 10.1 Å². The van der Waals surface area contributed by atoms with E-state index in [1.165, 1.54) is 0 Å². The molecule has 4 rings (SSSR count). The highest BCUT2D eigenvalue weighted by Crippen LogP contribution is 2.21. The fourth-order valence-corrected chi connectivity index (χ4v) is 3.46. The summed E-state index contributed by atoms with van der Waals surface area (Å²) in [5.41, 5.74) is 2.81. The van der Waals surface area contributed by atoms with Crippen molar-refractivity contribution in [3.05, 3.63) is 95.6 Å². The number of carbonyl (C=O) groups is 1. The molecular weight excluding hydrogens is 376 g/mol. The summed E-state index contributed by atoms with van der Waals surface area (Å²) in [6.07, 6.45) is 0. The van der Waals surface area contributed by atoms with E-state index in [9.17, 15) is 4.79 Å². The van der Waals surface area contributed by atoms with E-state index in [0.29, 0.717) is 12.1 Å². The van der Waals surface area contributed by atoms with E-state index in [1.807, 2.05) is 72.8 Å². The summed E-state index contributed by atoms with van der Waals surface area (Å²) in [4.78, 5) is 15.0. The number of hydrogen-bond acceptors (Lipinski definition) is 4. The highest BCUT2D eigenvalue weighted by molar-refractivity contribution is 5.94. The summed E-state index contributed by atoms with van der Waals surface area (Å²) in [6, 6.07) is 25.3. The van der Waals surface area contributed by atoms with Gasteiger partial charge >= 0.3 is 0 Å². The fourth-order valence-electron chi connectivity index (χ4n) is 3.46. The van der Waals surface area contributed by atoms with Crippen LogP contribution in [0.3, 0.4) is 0 Å². The van der Waals surface area contributed by atoms with Gasteiger partial charge in [-0.15, -0.1) is 0 Å². The van der Waals surface area contributed by atoms with Gasteiger partial charge < -0.3 is 14.8 Å². The molecule has 1 fully saturated rings. The van der Waals surface area contributed by atoms with Crippen LogP contribution in [0.2, 0.25) is 0 Å². The average molecular weight is 402 g/mol. The summed E-state index contributed by atoms with van der Waals surface area (Å²) >= 11 is 0. The van der Waals surface area contributed by atoms with Gasteiger partial charge in [-0.3, -0.25) is 9.69 Å². The van der Waals surface area contributed by atoms with Crippen LogP contribution in [0.25, 0.3) is 0 Å². The largest absolute Gasteiger partial charge is 0.457 e. The van der Waals surface area contributed by atoms with Crippen molar-refractivity contribution in [3.8, 4) is 11.5 Å². The van der Waals surface area contributed by atoms with Gasteiger partial charge in [0.05, 0.1) is 13.2 Å². The summed E-state index contributed by atoms with van der Waals surface area (Å²) in [5.74, 6) is 1.46. The Hall–Kier alpha value is -3.15. The van der Waals surface area contributed by atoms with E-state index >= 15 is 0 Å². The second-order valence-electron chi connectivity index (χ2n) is 7.33. The predicted octanol–water partition coefficient (Wildman–Crippen LogP) is 4.24. The topological polar surface area (TPSA) is 50.8 Å². The highest BCUT2D eigenvalue weighted by atomic mass is 16.5. The maximum Gasteiger partial charge on any atom is 0.251 e. The smallest absolute Gasteiger partial charge is 0.251 e. The Bertz CT molecular complexity index is 969. The maximum atomic E-state index is 12.7. The van der Waals surface area contributed by atoms with Crippen LogP contribution in [0.5, 0.6) is 11.5 Å². The van der Waals surface area contributed by atoms with Crippen LogP contribution in [0.4, 0.5) is 0 Å². The Morgan fingerprint density at radius 1 is 0.867 bits per heavy atom. The first-order valence-corrected chi connectivity index (χ1v) is 10.3. The molecule has 0 radical (unpaired) electrons. The van der Waals surface area contributed by atoms with Crippen molar-refractivity contribution in [1.82, 2.24) is 10.2 Å². The lowest BCUT2D eigenvalue weighted by molar-refractivity contribution is 0.0342. The van der Waals surface area contributed by atoms with Crippen molar-refractivity contribution >= 4 is 5.91 Å². The zero-order chi connectivity index (χ0) is 20.6. The van der Waals surface area contributed by atoms with Crippen LogP contribution in [0.15, 0.2) is 78.9 Å². The molecule has 0 aliphatic carbocycles. The Morgan fingerprint density at radius 2 is 1.60 bits per heavy atom. The van der Waals surface area contributed by atoms with Crippen molar-refractivity contribution in [1.29, 1.82) is 0 Å². The van der Waals surface area contributed by atoms with Gasteiger partial charge in [0, 0.05) is 31.7 Å². The summed E-state index contributed by atoms with van der Waals surface area (Å²) in [7, 11) is 0. The number of para-hydroxylation sites is 1. The van der Waals surface area contributed by atoms with Gasteiger partial charge in [-0.2, -0.15) is 0 Å². The van der Waals surface area contributed by atoms with Gasteiger partial charge in [0.2, 0.25) is 0 Å². The third-order valence-electron chi connectivity index (χ3n) is 5.03. The standard InChI is InChI=1S/C25H26N2O3/c28-25(22-8-4-7-21(16-22)19-27-12-14-29-15-13-27)26-18-20-6-5-11-24(17-20)30-23-9-2-1-3-10-23/h1-11,16-17H,12-15,18-19H2,(H,26,28). The van der Waals surface area contributed by atoms with Gasteiger partial charge in [-0.05, 0) is 47.5 Å². The first-order valence-electron chi connectivity index (χ1n) is 10.3. The van der Waals surface area contributed by atoms with Gasteiger partial charge in [0.25, 0.3) is 5.91 Å². The number of rotatable bonds is 7. The first-order chi connectivity index (χ1) is 14.8. The number of ether oxygens (including phenoxy) is 2. The Labute approximate surface area is 177 Å². The van der Waals surface area contributed by atoms with E-state index < -0.39 is 0 Å². The Kier molecular flexibility index (Phi) is 6.75. The molecule has 0 atom stereocenters. The number of morpholine rings is 1. The molecule has 0 unspecified atom stereocenters. The van der Waals surface area contributed by atoms with Gasteiger partial charge in [0.15, 0.2) is 0 Å². The second kappa shape index (κ2) is 10.1. The average Bonchev–Trinajstić information content (AvgIpc) is 2.79. The molecule has 1 amide bonds. The molecule has 1 heterocycles. The summed E-state index contributed by atoms with van der Waals surface area (Å²) < 4.78 is 11.3. The number of carbonyl (C=O) groups excluding carboxylic acids is 1. The predicted molar refractivity (Wildman–Crippen MR) is 117 cm³/mol. The first kappa shape index (κ1) is 20.1. The zero-order valence-electron chi connectivity index (χ0n) is 16.9. The van der Waals surface area contributed by atoms with E-state index in [0.717, 1.165) is 55.5 Å². The molecule has 3 aromatic carbocycles. The minimum atomic E-state index is -0.0757. The normalized spacial score (nSPS) is 14.3. The summed E-state index contributed by atoms with van der Waals surface area (Å²) in [6.45, 7) is 4.68. The lowest BCUT2D eigenvalue weighted by Crippen LogP contribution is -2.35. The van der Waals surface area contributed by atoms with Crippen LogP contribution >= 0.6 is 0 Å². The second-order valence-corrected chi connectivity index (χ2v) is 7.33. The highest BCUT2D eigenvalue weighted by Gasteiger charge is 2.12. The molecule has 1 saturated heterocycles. The van der Waals surface area contributed by atoms with Crippen molar-refractivity contribution in [2.75, 3.05) is 26.3 Å². The Balaban J connectivity index is 1.34. The third kappa shape index (κ3) is 5.69. The van der Waals surface area contributed by atoms with Crippen LogP contribution in [-0.2, 0) is 17.8 Å². The van der Waals surface area contributed by atoms with Crippen molar-refractivity contribution < 1.29 is 14.3 Å². The van der Waals surface area contributed by atoms with Crippen LogP contribution in [-0.4, -0.2) is 37.1 Å². The SMILES string of the molecule is O=C(NCc1cccc(Oc2ccccc2)c1)c1cccc(CN2CCOCC2)c1. The van der Waals surface area contributed by atoms with E-state index in [-0.39, 0.29) is 5.91 Å². The quantitative estimate of drug-likeness (QED) is 0.642. The fraction of sp³-hybridized carbons (Fsp3) is 0.240. The number of benzene rings is 3. The minimum Gasteiger partial charge on any atom is -0.457 e. The Morgan fingerprint density at radius 3 is 2.43 bits per heavy atom. The zero-order valence-corrected chi connectivity index (χ0v) is 16.9. The molecule has 30 heavy (non-hydrogen) atoms. The minimum absolute atomic E-state index is 0.0757. The number of hydrogen-bond donors (Lipinski definition) is 1. The molecule has 5 heteroatoms. The van der Waals surface area contributed by atoms with Crippen LogP contribution in [0.1, 0.15) is 21.5 Å². The molecule has 3 aromatic rings. The molecule has 5 nitrogen and oxygen atoms in total. The van der Waals surface area contributed by atoms with Crippen LogP contribution in [0, 0.1) is 0 Å². The van der Waals surface area contributed by atoms with Crippen molar-refractivity contribution in [2.24, 2.45) is 0 Å². The lowest BCUT2D eigenvalue weighted by atomic mass is 10.1. The molecule has 1 N–H and O–H groups in total. The molecule has 1 aliphatic rings. The molecule has 0 saturated carbocycles. The summed E-state index contributed by atoms with van der Waals surface area (Å²) in [5, 5.41) is 3.01. The molecule has 1 aliphatic heterocycles. The molecule has 0 bridgehead atoms. The molecule has 154 valence electrons. The lowest BCUT2D eigenvalue weighted by Gasteiger charge is -2.26. The van der Waals surface area contributed by atoms with Gasteiger partial charge in [0.1, 0.15) is 11.5 Å².